The molecule has 7 heteroatoms. The fourth-order valence-corrected chi connectivity index (χ4v) is 3.17. The number of carbonyl (C=O) groups is 1. The molecule has 102 valence electrons. The molecule has 0 spiro atoms. The Bertz CT molecular complexity index is 696. The summed E-state index contributed by atoms with van der Waals surface area (Å²) in [6.45, 7) is 3.83. The number of carbonyl (C=O) groups excluding carboxylic acids is 1. The molecule has 3 rings (SSSR count). The van der Waals surface area contributed by atoms with Gasteiger partial charge < -0.3 is 9.47 Å². The summed E-state index contributed by atoms with van der Waals surface area (Å²) >= 11 is 1.31. The first-order valence-electron chi connectivity index (χ1n) is 6.42. The molecule has 20 heavy (non-hydrogen) atoms. The fraction of sp³-hybridized carbons (Fsp3) is 0.385. The minimum atomic E-state index is -0.0937. The van der Waals surface area contributed by atoms with Gasteiger partial charge in [-0.15, -0.1) is 21.5 Å². The van der Waals surface area contributed by atoms with Crippen LogP contribution in [-0.2, 0) is 19.5 Å². The van der Waals surface area contributed by atoms with E-state index < -0.39 is 0 Å². The SMILES string of the molecule is CCc1nnc2n1CCN(C(=O)c1sccc1C#N)C2. The van der Waals surface area contributed by atoms with E-state index in [1.54, 1.807) is 16.3 Å². The molecule has 1 aliphatic heterocycles. The smallest absolute Gasteiger partial charge is 0.265 e. The van der Waals surface area contributed by atoms with E-state index in [2.05, 4.69) is 20.8 Å². The highest BCUT2D eigenvalue weighted by molar-refractivity contribution is 7.12. The lowest BCUT2D eigenvalue weighted by Gasteiger charge is -2.27. The molecule has 0 aromatic carbocycles. The Labute approximate surface area is 120 Å². The van der Waals surface area contributed by atoms with Crippen molar-refractivity contribution in [1.82, 2.24) is 19.7 Å². The normalized spacial score (nSPS) is 13.9. The number of nitriles is 1. The quantitative estimate of drug-likeness (QED) is 0.837. The van der Waals surface area contributed by atoms with Crippen molar-refractivity contribution in [1.29, 1.82) is 5.26 Å². The predicted octanol–water partition coefficient (Wildman–Crippen LogP) is 1.43. The first-order chi connectivity index (χ1) is 9.74. The molecule has 2 aromatic heterocycles. The van der Waals surface area contributed by atoms with Crippen LogP contribution in [0, 0.1) is 11.3 Å². The van der Waals surface area contributed by atoms with Gasteiger partial charge in [-0.3, -0.25) is 4.79 Å². The minimum Gasteiger partial charge on any atom is -0.329 e. The zero-order valence-electron chi connectivity index (χ0n) is 11.0. The van der Waals surface area contributed by atoms with Crippen molar-refractivity contribution in [2.24, 2.45) is 0 Å². The molecule has 0 saturated carbocycles. The van der Waals surface area contributed by atoms with Crippen molar-refractivity contribution in [3.8, 4) is 6.07 Å². The predicted molar refractivity (Wildman–Crippen MR) is 73.2 cm³/mol. The summed E-state index contributed by atoms with van der Waals surface area (Å²) in [5, 5.41) is 19.1. The van der Waals surface area contributed by atoms with Crippen molar-refractivity contribution in [2.75, 3.05) is 6.54 Å². The van der Waals surface area contributed by atoms with Crippen LogP contribution < -0.4 is 0 Å². The van der Waals surface area contributed by atoms with Crippen LogP contribution >= 0.6 is 11.3 Å². The van der Waals surface area contributed by atoms with Crippen LogP contribution in [0.5, 0.6) is 0 Å². The van der Waals surface area contributed by atoms with Crippen LogP contribution in [0.25, 0.3) is 0 Å². The molecule has 0 fully saturated rings. The first-order valence-corrected chi connectivity index (χ1v) is 7.30. The van der Waals surface area contributed by atoms with Crippen LogP contribution in [0.3, 0.4) is 0 Å². The zero-order chi connectivity index (χ0) is 14.1. The molecule has 3 heterocycles. The van der Waals surface area contributed by atoms with Gasteiger partial charge in [0.05, 0.1) is 12.1 Å². The molecular formula is C13H13N5OS. The fourth-order valence-electron chi connectivity index (χ4n) is 2.36. The van der Waals surface area contributed by atoms with Gasteiger partial charge in [-0.25, -0.2) is 0 Å². The third-order valence-electron chi connectivity index (χ3n) is 3.41. The summed E-state index contributed by atoms with van der Waals surface area (Å²) in [5.74, 6) is 1.68. The van der Waals surface area contributed by atoms with Gasteiger partial charge in [0.1, 0.15) is 16.8 Å². The standard InChI is InChI=1S/C13H13N5OS/c1-2-10-15-16-11-8-17(4-5-18(10)11)13(19)12-9(7-14)3-6-20-12/h3,6H,2,4-5,8H2,1H3. The van der Waals surface area contributed by atoms with Crippen LogP contribution in [0.4, 0.5) is 0 Å². The maximum Gasteiger partial charge on any atom is 0.265 e. The number of amides is 1. The molecule has 0 saturated heterocycles. The number of thiophene rings is 1. The van der Waals surface area contributed by atoms with Gasteiger partial charge in [-0.1, -0.05) is 6.92 Å². The van der Waals surface area contributed by atoms with Gasteiger partial charge in [0.15, 0.2) is 5.82 Å². The summed E-state index contributed by atoms with van der Waals surface area (Å²) in [4.78, 5) is 14.7. The van der Waals surface area contributed by atoms with Crippen molar-refractivity contribution in [3.63, 3.8) is 0 Å². The highest BCUT2D eigenvalue weighted by atomic mass is 32.1. The van der Waals surface area contributed by atoms with Crippen LogP contribution in [0.1, 0.15) is 33.8 Å². The second kappa shape index (κ2) is 5.06. The number of hydrogen-bond acceptors (Lipinski definition) is 5. The Morgan fingerprint density at radius 3 is 3.10 bits per heavy atom. The van der Waals surface area contributed by atoms with E-state index in [-0.39, 0.29) is 5.91 Å². The summed E-state index contributed by atoms with van der Waals surface area (Å²) < 4.78 is 2.07. The summed E-state index contributed by atoms with van der Waals surface area (Å²) in [6.07, 6.45) is 0.838. The van der Waals surface area contributed by atoms with E-state index >= 15 is 0 Å². The highest BCUT2D eigenvalue weighted by Gasteiger charge is 2.26. The maximum absolute atomic E-state index is 12.5. The van der Waals surface area contributed by atoms with Crippen LogP contribution in [0.2, 0.25) is 0 Å². The van der Waals surface area contributed by atoms with Gasteiger partial charge in [-0.05, 0) is 11.4 Å². The number of aryl methyl sites for hydroxylation is 1. The lowest BCUT2D eigenvalue weighted by atomic mass is 10.2. The average Bonchev–Trinajstić information content (AvgIpc) is 3.11. The number of hydrogen-bond donors (Lipinski definition) is 0. The summed E-state index contributed by atoms with van der Waals surface area (Å²) in [6, 6.07) is 3.74. The second-order valence-electron chi connectivity index (χ2n) is 4.54. The van der Waals surface area contributed by atoms with Crippen molar-refractivity contribution in [3.05, 3.63) is 33.5 Å². The monoisotopic (exact) mass is 287 g/mol. The maximum atomic E-state index is 12.5. The van der Waals surface area contributed by atoms with Gasteiger partial charge in [0.25, 0.3) is 5.91 Å². The minimum absolute atomic E-state index is 0.0937. The largest absolute Gasteiger partial charge is 0.329 e. The van der Waals surface area contributed by atoms with Gasteiger partial charge in [0, 0.05) is 19.5 Å². The number of rotatable bonds is 2. The summed E-state index contributed by atoms with van der Waals surface area (Å²) in [5.41, 5.74) is 0.446. The van der Waals surface area contributed by atoms with E-state index in [0.29, 0.717) is 30.1 Å². The third kappa shape index (κ3) is 1.98. The van der Waals surface area contributed by atoms with Crippen molar-refractivity contribution < 1.29 is 4.79 Å². The number of fused-ring (bicyclic) bond motifs is 1. The molecule has 6 nitrogen and oxygen atoms in total. The molecule has 0 unspecified atom stereocenters. The molecule has 1 aliphatic rings. The molecule has 0 atom stereocenters. The third-order valence-corrected chi connectivity index (χ3v) is 4.32. The Morgan fingerprint density at radius 2 is 2.35 bits per heavy atom. The summed E-state index contributed by atoms with van der Waals surface area (Å²) in [7, 11) is 0. The van der Waals surface area contributed by atoms with Crippen molar-refractivity contribution in [2.45, 2.75) is 26.4 Å². The topological polar surface area (TPSA) is 74.8 Å². The Balaban J connectivity index is 1.84. The molecule has 0 radical (unpaired) electrons. The van der Waals surface area contributed by atoms with E-state index in [9.17, 15) is 4.79 Å². The number of aromatic nitrogens is 3. The van der Waals surface area contributed by atoms with E-state index in [1.807, 2.05) is 6.92 Å². The molecule has 0 aliphatic carbocycles. The average molecular weight is 287 g/mol. The van der Waals surface area contributed by atoms with Crippen molar-refractivity contribution >= 4 is 17.2 Å². The van der Waals surface area contributed by atoms with Gasteiger partial charge in [-0.2, -0.15) is 5.26 Å². The molecule has 1 amide bonds. The number of nitrogens with zero attached hydrogens (tertiary/aromatic N) is 5. The Morgan fingerprint density at radius 1 is 1.50 bits per heavy atom. The Kier molecular flexibility index (Phi) is 3.24. The van der Waals surface area contributed by atoms with E-state index in [0.717, 1.165) is 18.1 Å². The van der Waals surface area contributed by atoms with Crippen LogP contribution in [-0.4, -0.2) is 32.1 Å². The van der Waals surface area contributed by atoms with Gasteiger partial charge in [0.2, 0.25) is 0 Å². The van der Waals surface area contributed by atoms with Gasteiger partial charge >= 0.3 is 0 Å². The molecule has 0 bridgehead atoms. The highest BCUT2D eigenvalue weighted by Crippen LogP contribution is 2.21. The first kappa shape index (κ1) is 12.8. The van der Waals surface area contributed by atoms with Crippen LogP contribution in [0.15, 0.2) is 11.4 Å². The van der Waals surface area contributed by atoms with E-state index in [1.165, 1.54) is 11.3 Å². The van der Waals surface area contributed by atoms with E-state index in [4.69, 9.17) is 5.26 Å². The lowest BCUT2D eigenvalue weighted by molar-refractivity contribution is 0.0711. The Hall–Kier alpha value is -2.20. The molecular weight excluding hydrogens is 274 g/mol. The lowest BCUT2D eigenvalue weighted by Crippen LogP contribution is -2.38. The molecule has 0 N–H and O–H groups in total. The molecule has 2 aromatic rings. The zero-order valence-corrected chi connectivity index (χ0v) is 11.9. The second-order valence-corrected chi connectivity index (χ2v) is 5.46.